The molecule has 0 aliphatic heterocycles. The van der Waals surface area contributed by atoms with E-state index in [0.29, 0.717) is 39.5 Å². The standard InChI is InChI=1S/C21H23BrN2O7/c1-4-7-30-16-6-5-14(10-17(16)28-2)21(27)24-23-11-13-8-15(22)20(18(9-13)29-3)31-12-19(25)26/h5-6,8-11H,4,7,12H2,1-3H3,(H,24,27)(H,25,26)/b23-11+. The second-order valence-electron chi connectivity index (χ2n) is 6.13. The molecular formula is C21H23BrN2O7. The number of hydrazone groups is 1. The summed E-state index contributed by atoms with van der Waals surface area (Å²) in [6.07, 6.45) is 2.27. The zero-order valence-electron chi connectivity index (χ0n) is 17.3. The van der Waals surface area contributed by atoms with E-state index in [2.05, 4.69) is 26.5 Å². The summed E-state index contributed by atoms with van der Waals surface area (Å²) in [5.41, 5.74) is 3.39. The SMILES string of the molecule is CCCOc1ccc(C(=O)N/N=C/c2cc(Br)c(OCC(=O)O)c(OC)c2)cc1OC. The number of nitrogens with one attached hydrogen (secondary N) is 1. The van der Waals surface area contributed by atoms with Crippen molar-refractivity contribution in [2.45, 2.75) is 13.3 Å². The molecule has 0 aliphatic rings. The first-order valence-corrected chi connectivity index (χ1v) is 10.0. The minimum absolute atomic E-state index is 0.253. The van der Waals surface area contributed by atoms with Crippen molar-refractivity contribution in [2.24, 2.45) is 5.10 Å². The summed E-state index contributed by atoms with van der Waals surface area (Å²) in [4.78, 5) is 23.1. The molecule has 0 aromatic heterocycles. The number of carboxylic acid groups (broad SMARTS) is 1. The van der Waals surface area contributed by atoms with E-state index in [1.807, 2.05) is 6.92 Å². The van der Waals surface area contributed by atoms with Gasteiger partial charge in [-0.15, -0.1) is 0 Å². The first-order chi connectivity index (χ1) is 14.9. The Hall–Kier alpha value is -3.27. The van der Waals surface area contributed by atoms with Crippen molar-refractivity contribution in [1.29, 1.82) is 0 Å². The predicted octanol–water partition coefficient (Wildman–Crippen LogP) is 3.48. The fourth-order valence-electron chi connectivity index (χ4n) is 2.46. The van der Waals surface area contributed by atoms with Gasteiger partial charge in [-0.25, -0.2) is 10.2 Å². The Kier molecular flexibility index (Phi) is 9.13. The number of aliphatic carboxylic acids is 1. The topological polar surface area (TPSA) is 116 Å². The Morgan fingerprint density at radius 3 is 2.48 bits per heavy atom. The minimum atomic E-state index is -1.11. The Balaban J connectivity index is 2.10. The number of benzene rings is 2. The van der Waals surface area contributed by atoms with Crippen molar-refractivity contribution in [3.05, 3.63) is 45.9 Å². The molecule has 0 saturated heterocycles. The van der Waals surface area contributed by atoms with Crippen LogP contribution in [0.3, 0.4) is 0 Å². The highest BCUT2D eigenvalue weighted by Crippen LogP contribution is 2.36. The number of carbonyl (C=O) groups excluding carboxylic acids is 1. The third kappa shape index (κ3) is 6.88. The zero-order chi connectivity index (χ0) is 22.8. The highest BCUT2D eigenvalue weighted by atomic mass is 79.9. The molecule has 0 bridgehead atoms. The average Bonchev–Trinajstić information content (AvgIpc) is 2.76. The van der Waals surface area contributed by atoms with Crippen LogP contribution < -0.4 is 24.4 Å². The zero-order valence-corrected chi connectivity index (χ0v) is 18.9. The van der Waals surface area contributed by atoms with Gasteiger partial charge in [0.25, 0.3) is 5.91 Å². The Morgan fingerprint density at radius 2 is 1.84 bits per heavy atom. The Bertz CT molecular complexity index is 963. The lowest BCUT2D eigenvalue weighted by molar-refractivity contribution is -0.139. The first-order valence-electron chi connectivity index (χ1n) is 9.26. The fraction of sp³-hybridized carbons (Fsp3) is 0.286. The second kappa shape index (κ2) is 11.8. The van der Waals surface area contributed by atoms with Crippen molar-refractivity contribution >= 4 is 34.0 Å². The molecule has 0 heterocycles. The van der Waals surface area contributed by atoms with Crippen molar-refractivity contribution in [2.75, 3.05) is 27.4 Å². The number of hydrogen-bond donors (Lipinski definition) is 2. The van der Waals surface area contributed by atoms with Crippen LogP contribution in [-0.2, 0) is 4.79 Å². The summed E-state index contributed by atoms with van der Waals surface area (Å²) in [6.45, 7) is 2.03. The van der Waals surface area contributed by atoms with Crippen LogP contribution in [0, 0.1) is 0 Å². The molecule has 1 amide bonds. The fourth-order valence-corrected chi connectivity index (χ4v) is 3.03. The van der Waals surface area contributed by atoms with Gasteiger partial charge in [0.2, 0.25) is 0 Å². The number of hydrogen-bond acceptors (Lipinski definition) is 7. The predicted molar refractivity (Wildman–Crippen MR) is 118 cm³/mol. The van der Waals surface area contributed by atoms with Gasteiger partial charge in [-0.1, -0.05) is 6.92 Å². The van der Waals surface area contributed by atoms with Crippen LogP contribution in [0.1, 0.15) is 29.3 Å². The Morgan fingerprint density at radius 1 is 1.10 bits per heavy atom. The molecule has 0 atom stereocenters. The average molecular weight is 495 g/mol. The van der Waals surface area contributed by atoms with E-state index in [1.165, 1.54) is 20.4 Å². The number of carbonyl (C=O) groups is 2. The number of ether oxygens (including phenoxy) is 4. The molecule has 0 fully saturated rings. The maximum absolute atomic E-state index is 12.4. The van der Waals surface area contributed by atoms with Gasteiger partial charge in [-0.2, -0.15) is 5.10 Å². The summed E-state index contributed by atoms with van der Waals surface area (Å²) in [6, 6.07) is 8.11. The van der Waals surface area contributed by atoms with Crippen LogP contribution in [0.25, 0.3) is 0 Å². The van der Waals surface area contributed by atoms with Crippen LogP contribution in [-0.4, -0.2) is 50.6 Å². The summed E-state index contributed by atoms with van der Waals surface area (Å²) in [5, 5.41) is 12.7. The highest BCUT2D eigenvalue weighted by Gasteiger charge is 2.13. The monoisotopic (exact) mass is 494 g/mol. The van der Waals surface area contributed by atoms with Gasteiger partial charge < -0.3 is 24.1 Å². The molecule has 0 saturated carbocycles. The van der Waals surface area contributed by atoms with Crippen molar-refractivity contribution in [3.63, 3.8) is 0 Å². The number of carboxylic acids is 1. The van der Waals surface area contributed by atoms with Gasteiger partial charge in [-0.05, 0) is 58.2 Å². The van der Waals surface area contributed by atoms with E-state index >= 15 is 0 Å². The molecule has 2 rings (SSSR count). The molecular weight excluding hydrogens is 472 g/mol. The van der Waals surface area contributed by atoms with Gasteiger partial charge in [0.15, 0.2) is 29.6 Å². The van der Waals surface area contributed by atoms with Crippen LogP contribution in [0.15, 0.2) is 39.9 Å². The molecule has 0 aliphatic carbocycles. The minimum Gasteiger partial charge on any atom is -0.493 e. The summed E-state index contributed by atoms with van der Waals surface area (Å²) >= 11 is 3.31. The highest BCUT2D eigenvalue weighted by molar-refractivity contribution is 9.10. The normalized spacial score (nSPS) is 10.6. The second-order valence-corrected chi connectivity index (χ2v) is 6.98. The third-order valence-corrected chi connectivity index (χ3v) is 4.45. The van der Waals surface area contributed by atoms with Crippen LogP contribution in [0.5, 0.6) is 23.0 Å². The summed E-state index contributed by atoms with van der Waals surface area (Å²) < 4.78 is 21.8. The molecule has 9 nitrogen and oxygen atoms in total. The number of rotatable bonds is 11. The smallest absolute Gasteiger partial charge is 0.341 e. The van der Waals surface area contributed by atoms with Gasteiger partial charge >= 0.3 is 5.97 Å². The quantitative estimate of drug-likeness (QED) is 0.362. The van der Waals surface area contributed by atoms with Crippen LogP contribution in [0.2, 0.25) is 0 Å². The van der Waals surface area contributed by atoms with Crippen molar-refractivity contribution in [1.82, 2.24) is 5.43 Å². The maximum Gasteiger partial charge on any atom is 0.341 e. The lowest BCUT2D eigenvalue weighted by Crippen LogP contribution is -2.17. The van der Waals surface area contributed by atoms with E-state index < -0.39 is 18.5 Å². The number of halogens is 1. The van der Waals surface area contributed by atoms with E-state index in [9.17, 15) is 9.59 Å². The molecule has 2 N–H and O–H groups in total. The maximum atomic E-state index is 12.4. The largest absolute Gasteiger partial charge is 0.493 e. The number of amides is 1. The van der Waals surface area contributed by atoms with Crippen LogP contribution >= 0.6 is 15.9 Å². The molecule has 166 valence electrons. The molecule has 10 heteroatoms. The van der Waals surface area contributed by atoms with E-state index in [1.54, 1.807) is 30.3 Å². The van der Waals surface area contributed by atoms with E-state index in [4.69, 9.17) is 24.1 Å². The lowest BCUT2D eigenvalue weighted by atomic mass is 10.2. The molecule has 2 aromatic rings. The van der Waals surface area contributed by atoms with E-state index in [-0.39, 0.29) is 5.75 Å². The lowest BCUT2D eigenvalue weighted by Gasteiger charge is -2.12. The third-order valence-electron chi connectivity index (χ3n) is 3.86. The van der Waals surface area contributed by atoms with Crippen LogP contribution in [0.4, 0.5) is 0 Å². The summed E-state index contributed by atoms with van der Waals surface area (Å²) in [7, 11) is 2.93. The molecule has 0 unspecified atom stereocenters. The van der Waals surface area contributed by atoms with Gasteiger partial charge in [0.1, 0.15) is 0 Å². The van der Waals surface area contributed by atoms with E-state index in [0.717, 1.165) is 6.42 Å². The molecule has 0 spiro atoms. The molecule has 31 heavy (non-hydrogen) atoms. The first kappa shape index (κ1) is 24.0. The summed E-state index contributed by atoms with van der Waals surface area (Å²) in [5.74, 6) is 0.0505. The van der Waals surface area contributed by atoms with Gasteiger partial charge in [0.05, 0.1) is 31.5 Å². The Labute approximate surface area is 188 Å². The van der Waals surface area contributed by atoms with Crippen molar-refractivity contribution < 1.29 is 33.6 Å². The number of methoxy groups -OCH3 is 2. The number of nitrogens with zero attached hydrogens (tertiary/aromatic N) is 1. The van der Waals surface area contributed by atoms with Gasteiger partial charge in [-0.3, -0.25) is 4.79 Å². The van der Waals surface area contributed by atoms with Crippen molar-refractivity contribution in [3.8, 4) is 23.0 Å². The molecule has 0 radical (unpaired) electrons. The molecule has 2 aromatic carbocycles. The van der Waals surface area contributed by atoms with Gasteiger partial charge in [0, 0.05) is 5.56 Å².